The smallest absolute Gasteiger partial charge is 0.215 e. The average molecular weight is 573 g/mol. The summed E-state index contributed by atoms with van der Waals surface area (Å²) in [6, 6.07) is 20.6. The van der Waals surface area contributed by atoms with Crippen LogP contribution in [0.2, 0.25) is 0 Å². The Hall–Kier alpha value is -1.69. The van der Waals surface area contributed by atoms with E-state index in [-0.39, 0.29) is 35.6 Å². The first-order valence-corrected chi connectivity index (χ1v) is 12.4. The molecule has 2 aromatic carbocycles. The van der Waals surface area contributed by atoms with Gasteiger partial charge >= 0.3 is 0 Å². The van der Waals surface area contributed by atoms with Crippen molar-refractivity contribution in [3.05, 3.63) is 71.8 Å². The number of nitrogens with zero attached hydrogens (tertiary/aromatic N) is 2. The number of hydrogen-bond donors (Lipinski definition) is 2. The molecule has 2 N–H and O–H groups in total. The molecule has 176 valence electrons. The van der Waals surface area contributed by atoms with Crippen LogP contribution in [0.25, 0.3) is 0 Å². The zero-order chi connectivity index (χ0) is 21.9. The zero-order valence-corrected chi connectivity index (χ0v) is 21.6. The summed E-state index contributed by atoms with van der Waals surface area (Å²) in [7, 11) is -3.30. The number of aliphatic imine (C=N–C) groups is 1. The number of rotatable bonds is 9. The van der Waals surface area contributed by atoms with Crippen molar-refractivity contribution in [2.45, 2.75) is 12.8 Å². The van der Waals surface area contributed by atoms with Crippen molar-refractivity contribution in [2.75, 3.05) is 51.7 Å². The van der Waals surface area contributed by atoms with Crippen LogP contribution in [-0.2, 0) is 14.8 Å². The molecular formula is C23H33IN4O3S. The van der Waals surface area contributed by atoms with E-state index in [4.69, 9.17) is 9.73 Å². The van der Waals surface area contributed by atoms with E-state index < -0.39 is 10.0 Å². The van der Waals surface area contributed by atoms with Gasteiger partial charge in [0.1, 0.15) is 0 Å². The normalized spacial score (nSPS) is 15.2. The Morgan fingerprint density at radius 2 is 1.56 bits per heavy atom. The summed E-state index contributed by atoms with van der Waals surface area (Å²) in [4.78, 5) is 4.76. The quantitative estimate of drug-likeness (QED) is 0.275. The van der Waals surface area contributed by atoms with Crippen LogP contribution in [0.4, 0.5) is 0 Å². The lowest BCUT2D eigenvalue weighted by Crippen LogP contribution is -2.45. The average Bonchev–Trinajstić information content (AvgIpc) is 2.81. The first-order valence-electron chi connectivity index (χ1n) is 10.8. The Morgan fingerprint density at radius 3 is 2.09 bits per heavy atom. The molecule has 0 atom stereocenters. The van der Waals surface area contributed by atoms with E-state index in [1.807, 2.05) is 43.3 Å². The molecule has 32 heavy (non-hydrogen) atoms. The molecule has 2 aromatic rings. The van der Waals surface area contributed by atoms with Gasteiger partial charge < -0.3 is 15.4 Å². The molecule has 0 radical (unpaired) electrons. The minimum absolute atomic E-state index is 0. The first-order chi connectivity index (χ1) is 15.1. The van der Waals surface area contributed by atoms with Crippen molar-refractivity contribution in [1.82, 2.24) is 14.9 Å². The van der Waals surface area contributed by atoms with Crippen molar-refractivity contribution in [1.29, 1.82) is 0 Å². The van der Waals surface area contributed by atoms with E-state index in [0.717, 1.165) is 0 Å². The monoisotopic (exact) mass is 572 g/mol. The third-order valence-electron chi connectivity index (χ3n) is 5.20. The molecule has 0 spiro atoms. The summed E-state index contributed by atoms with van der Waals surface area (Å²) >= 11 is 0. The highest BCUT2D eigenvalue weighted by Gasteiger charge is 2.23. The van der Waals surface area contributed by atoms with Crippen LogP contribution in [0.15, 0.2) is 65.7 Å². The van der Waals surface area contributed by atoms with Crippen LogP contribution in [-0.4, -0.2) is 70.4 Å². The predicted octanol–water partition coefficient (Wildman–Crippen LogP) is 2.65. The maximum atomic E-state index is 12.5. The SMILES string of the molecule is CCNC(=NCC(c1ccccc1)c1ccccc1)NCCS(=O)(=O)N1CCOCC1.I. The fourth-order valence-corrected chi connectivity index (χ4v) is 4.87. The van der Waals surface area contributed by atoms with Crippen LogP contribution in [0.5, 0.6) is 0 Å². The van der Waals surface area contributed by atoms with E-state index in [1.54, 1.807) is 0 Å². The number of halogens is 1. The first kappa shape index (κ1) is 26.6. The largest absolute Gasteiger partial charge is 0.379 e. The number of nitrogens with one attached hydrogen (secondary N) is 2. The van der Waals surface area contributed by atoms with Gasteiger partial charge in [0.25, 0.3) is 0 Å². The molecule has 0 aliphatic carbocycles. The summed E-state index contributed by atoms with van der Waals surface area (Å²) < 4.78 is 31.8. The molecule has 1 aliphatic heterocycles. The van der Waals surface area contributed by atoms with Gasteiger partial charge in [-0.05, 0) is 18.1 Å². The second kappa shape index (κ2) is 13.8. The molecule has 7 nitrogen and oxygen atoms in total. The van der Waals surface area contributed by atoms with Crippen LogP contribution >= 0.6 is 24.0 Å². The Balaban J connectivity index is 0.00000363. The number of hydrogen-bond acceptors (Lipinski definition) is 4. The van der Waals surface area contributed by atoms with Crippen LogP contribution in [0.1, 0.15) is 24.0 Å². The second-order valence-electron chi connectivity index (χ2n) is 7.35. The van der Waals surface area contributed by atoms with Gasteiger partial charge in [0.05, 0.1) is 25.5 Å². The molecule has 3 rings (SSSR count). The number of guanidine groups is 1. The summed E-state index contributed by atoms with van der Waals surface area (Å²) in [5.41, 5.74) is 2.39. The molecular weight excluding hydrogens is 539 g/mol. The highest BCUT2D eigenvalue weighted by Crippen LogP contribution is 2.24. The predicted molar refractivity (Wildman–Crippen MR) is 140 cm³/mol. The summed E-state index contributed by atoms with van der Waals surface area (Å²) in [6.07, 6.45) is 0. The van der Waals surface area contributed by atoms with Gasteiger partial charge in [0.2, 0.25) is 10.0 Å². The van der Waals surface area contributed by atoms with Gasteiger partial charge in [-0.25, -0.2) is 8.42 Å². The van der Waals surface area contributed by atoms with Crippen molar-refractivity contribution < 1.29 is 13.2 Å². The van der Waals surface area contributed by atoms with Crippen LogP contribution < -0.4 is 10.6 Å². The molecule has 0 bridgehead atoms. The molecule has 1 aliphatic rings. The van der Waals surface area contributed by atoms with Crippen LogP contribution in [0, 0.1) is 0 Å². The van der Waals surface area contributed by atoms with E-state index in [1.165, 1.54) is 15.4 Å². The number of benzene rings is 2. The van der Waals surface area contributed by atoms with E-state index in [9.17, 15) is 8.42 Å². The Morgan fingerprint density at radius 1 is 1.00 bits per heavy atom. The zero-order valence-electron chi connectivity index (χ0n) is 18.4. The standard InChI is InChI=1S/C23H32N4O3S.HI/c1-2-24-23(25-13-18-31(28,29)27-14-16-30-17-15-27)26-19-22(20-9-5-3-6-10-20)21-11-7-4-8-12-21;/h3-12,22H,2,13-19H2,1H3,(H2,24,25,26);1H. The summed E-state index contributed by atoms with van der Waals surface area (Å²) in [5, 5.41) is 6.39. The Kier molecular flexibility index (Phi) is 11.4. The molecule has 1 saturated heterocycles. The maximum absolute atomic E-state index is 12.5. The summed E-state index contributed by atoms with van der Waals surface area (Å²) in [5.74, 6) is 0.768. The number of sulfonamides is 1. The molecule has 9 heteroatoms. The molecule has 0 amide bonds. The van der Waals surface area contributed by atoms with Crippen molar-refractivity contribution in [2.24, 2.45) is 4.99 Å². The highest BCUT2D eigenvalue weighted by molar-refractivity contribution is 14.0. The van der Waals surface area contributed by atoms with Gasteiger partial charge in [-0.1, -0.05) is 60.7 Å². The molecule has 1 heterocycles. The fraction of sp³-hybridized carbons (Fsp3) is 0.435. The maximum Gasteiger partial charge on any atom is 0.215 e. The van der Waals surface area contributed by atoms with Gasteiger partial charge in [0, 0.05) is 32.1 Å². The minimum Gasteiger partial charge on any atom is -0.379 e. The van der Waals surface area contributed by atoms with Crippen LogP contribution in [0.3, 0.4) is 0 Å². The summed E-state index contributed by atoms with van der Waals surface area (Å²) in [6.45, 7) is 5.30. The lowest BCUT2D eigenvalue weighted by atomic mass is 9.91. The van der Waals surface area contributed by atoms with Gasteiger partial charge in [-0.2, -0.15) is 4.31 Å². The van der Waals surface area contributed by atoms with Crippen molar-refractivity contribution in [3.8, 4) is 0 Å². The lowest BCUT2D eigenvalue weighted by molar-refractivity contribution is 0.0730. The molecule has 0 saturated carbocycles. The van der Waals surface area contributed by atoms with E-state index in [2.05, 4.69) is 34.9 Å². The van der Waals surface area contributed by atoms with Crippen molar-refractivity contribution >= 4 is 40.0 Å². The molecule has 1 fully saturated rings. The fourth-order valence-electron chi connectivity index (χ4n) is 3.55. The second-order valence-corrected chi connectivity index (χ2v) is 9.44. The van der Waals surface area contributed by atoms with Gasteiger partial charge in [-0.3, -0.25) is 4.99 Å². The third kappa shape index (κ3) is 8.02. The number of ether oxygens (including phenoxy) is 1. The Labute approximate surface area is 208 Å². The topological polar surface area (TPSA) is 83.0 Å². The minimum atomic E-state index is -3.30. The van der Waals surface area contributed by atoms with Gasteiger partial charge in [0.15, 0.2) is 5.96 Å². The highest BCUT2D eigenvalue weighted by atomic mass is 127. The van der Waals surface area contributed by atoms with E-state index in [0.29, 0.717) is 51.9 Å². The molecule has 0 aromatic heterocycles. The van der Waals surface area contributed by atoms with Gasteiger partial charge in [-0.15, -0.1) is 24.0 Å². The Bertz CT molecular complexity index is 881. The molecule has 0 unspecified atom stereocenters. The number of morpholine rings is 1. The lowest BCUT2D eigenvalue weighted by Gasteiger charge is -2.26. The van der Waals surface area contributed by atoms with Crippen molar-refractivity contribution in [3.63, 3.8) is 0 Å². The van der Waals surface area contributed by atoms with E-state index >= 15 is 0 Å². The third-order valence-corrected chi connectivity index (χ3v) is 7.07.